The van der Waals surface area contributed by atoms with E-state index >= 15 is 0 Å². The smallest absolute Gasteiger partial charge is 0.225 e. The van der Waals surface area contributed by atoms with Crippen molar-refractivity contribution in [3.63, 3.8) is 0 Å². The Hall–Kier alpha value is -0.850. The molecule has 1 amide bonds. The lowest BCUT2D eigenvalue weighted by molar-refractivity contribution is -0.138. The molecular formula is C20H33Cl2N3O2. The first-order valence-corrected chi connectivity index (χ1v) is 9.53. The van der Waals surface area contributed by atoms with E-state index in [1.165, 1.54) is 5.56 Å². The van der Waals surface area contributed by atoms with Gasteiger partial charge < -0.3 is 15.4 Å². The molecule has 3 rings (SSSR count). The highest BCUT2D eigenvalue weighted by molar-refractivity contribution is 5.85. The average molecular weight is 418 g/mol. The first-order chi connectivity index (χ1) is 12.1. The molecule has 154 valence electrons. The van der Waals surface area contributed by atoms with E-state index in [0.717, 1.165) is 45.6 Å². The molecule has 1 aromatic carbocycles. The van der Waals surface area contributed by atoms with E-state index in [0.29, 0.717) is 18.9 Å². The normalized spacial score (nSPS) is 24.4. The molecule has 0 saturated carbocycles. The van der Waals surface area contributed by atoms with E-state index in [-0.39, 0.29) is 42.9 Å². The van der Waals surface area contributed by atoms with Crippen LogP contribution in [0.15, 0.2) is 30.3 Å². The Morgan fingerprint density at radius 3 is 2.67 bits per heavy atom. The highest BCUT2D eigenvalue weighted by atomic mass is 35.5. The first kappa shape index (κ1) is 24.2. The number of benzene rings is 1. The van der Waals surface area contributed by atoms with Crippen LogP contribution in [-0.2, 0) is 16.1 Å². The predicted molar refractivity (Wildman–Crippen MR) is 114 cm³/mol. The number of hydrogen-bond donors (Lipinski definition) is 1. The third-order valence-electron chi connectivity index (χ3n) is 5.43. The Kier molecular flexibility index (Phi) is 10.6. The molecule has 5 nitrogen and oxygen atoms in total. The van der Waals surface area contributed by atoms with Crippen LogP contribution in [0, 0.1) is 5.92 Å². The third kappa shape index (κ3) is 7.24. The lowest BCUT2D eigenvalue weighted by atomic mass is 9.92. The van der Waals surface area contributed by atoms with E-state index in [9.17, 15) is 4.79 Å². The van der Waals surface area contributed by atoms with Gasteiger partial charge in [-0.15, -0.1) is 24.8 Å². The van der Waals surface area contributed by atoms with Crippen molar-refractivity contribution in [1.82, 2.24) is 9.80 Å². The van der Waals surface area contributed by atoms with Gasteiger partial charge in [0.15, 0.2) is 0 Å². The summed E-state index contributed by atoms with van der Waals surface area (Å²) in [4.78, 5) is 17.1. The highest BCUT2D eigenvalue weighted by Crippen LogP contribution is 2.21. The molecule has 3 atom stereocenters. The van der Waals surface area contributed by atoms with E-state index in [2.05, 4.69) is 29.2 Å². The number of carbonyl (C=O) groups excluding carboxylic acids is 1. The first-order valence-electron chi connectivity index (χ1n) is 9.53. The molecule has 2 saturated heterocycles. The summed E-state index contributed by atoms with van der Waals surface area (Å²) >= 11 is 0. The van der Waals surface area contributed by atoms with E-state index < -0.39 is 0 Å². The Balaban J connectivity index is 0.00000182. The number of halogens is 2. The Bertz CT molecular complexity index is 559. The van der Waals surface area contributed by atoms with Crippen LogP contribution < -0.4 is 5.73 Å². The molecule has 0 aromatic heterocycles. The summed E-state index contributed by atoms with van der Waals surface area (Å²) in [5.74, 6) is 0.650. The van der Waals surface area contributed by atoms with Gasteiger partial charge >= 0.3 is 0 Å². The second-order valence-corrected chi connectivity index (χ2v) is 7.52. The fourth-order valence-corrected chi connectivity index (χ4v) is 3.88. The third-order valence-corrected chi connectivity index (χ3v) is 5.43. The SMILES string of the molecule is CC(N)C1CCCN(C(=O)CC2CN(Cc3ccccc3)CCO2)C1.Cl.Cl. The number of morpholine rings is 1. The van der Waals surface area contributed by atoms with Crippen LogP contribution in [0.2, 0.25) is 0 Å². The van der Waals surface area contributed by atoms with Crippen molar-refractivity contribution in [2.24, 2.45) is 11.7 Å². The maximum absolute atomic E-state index is 12.7. The van der Waals surface area contributed by atoms with Crippen LogP contribution in [-0.4, -0.2) is 60.6 Å². The second-order valence-electron chi connectivity index (χ2n) is 7.52. The summed E-state index contributed by atoms with van der Waals surface area (Å²) in [6.07, 6.45) is 2.67. The molecule has 7 heteroatoms. The van der Waals surface area contributed by atoms with Gasteiger partial charge in [-0.2, -0.15) is 0 Å². The van der Waals surface area contributed by atoms with Crippen molar-refractivity contribution >= 4 is 30.7 Å². The van der Waals surface area contributed by atoms with Crippen LogP contribution in [0.25, 0.3) is 0 Å². The van der Waals surface area contributed by atoms with E-state index in [1.54, 1.807) is 0 Å². The van der Waals surface area contributed by atoms with Crippen LogP contribution in [0.1, 0.15) is 31.7 Å². The van der Waals surface area contributed by atoms with Crippen molar-refractivity contribution in [2.45, 2.75) is 44.9 Å². The monoisotopic (exact) mass is 417 g/mol. The number of piperidine rings is 1. The van der Waals surface area contributed by atoms with Gasteiger partial charge in [-0.1, -0.05) is 30.3 Å². The molecule has 1 aromatic rings. The molecule has 0 radical (unpaired) electrons. The second kappa shape index (κ2) is 11.9. The van der Waals surface area contributed by atoms with Gasteiger partial charge in [-0.3, -0.25) is 9.69 Å². The fourth-order valence-electron chi connectivity index (χ4n) is 3.88. The molecule has 0 bridgehead atoms. The minimum atomic E-state index is 0. The number of hydrogen-bond acceptors (Lipinski definition) is 4. The number of rotatable bonds is 5. The zero-order chi connectivity index (χ0) is 17.6. The van der Waals surface area contributed by atoms with Gasteiger partial charge in [0.05, 0.1) is 19.1 Å². The molecule has 27 heavy (non-hydrogen) atoms. The molecule has 2 N–H and O–H groups in total. The number of nitrogens with two attached hydrogens (primary N) is 1. The Morgan fingerprint density at radius 2 is 1.96 bits per heavy atom. The maximum Gasteiger partial charge on any atom is 0.225 e. The van der Waals surface area contributed by atoms with Crippen LogP contribution >= 0.6 is 24.8 Å². The molecular weight excluding hydrogens is 385 g/mol. The standard InChI is InChI=1S/C20H31N3O2.2ClH/c1-16(21)18-8-5-9-23(14-18)20(24)12-19-15-22(10-11-25-19)13-17-6-3-2-4-7-17;;/h2-4,6-7,16,18-19H,5,8-15,21H2,1H3;2*1H. The number of amides is 1. The van der Waals surface area contributed by atoms with Gasteiger partial charge in [0, 0.05) is 38.8 Å². The molecule has 2 heterocycles. The van der Waals surface area contributed by atoms with E-state index in [1.807, 2.05) is 17.9 Å². The van der Waals surface area contributed by atoms with Gasteiger partial charge in [-0.25, -0.2) is 0 Å². The van der Waals surface area contributed by atoms with Crippen molar-refractivity contribution in [2.75, 3.05) is 32.8 Å². The zero-order valence-electron chi connectivity index (χ0n) is 16.1. The van der Waals surface area contributed by atoms with Crippen molar-refractivity contribution in [1.29, 1.82) is 0 Å². The van der Waals surface area contributed by atoms with Crippen LogP contribution in [0.4, 0.5) is 0 Å². The quantitative estimate of drug-likeness (QED) is 0.799. The lowest BCUT2D eigenvalue weighted by Crippen LogP contribution is -2.48. The summed E-state index contributed by atoms with van der Waals surface area (Å²) in [5.41, 5.74) is 7.35. The van der Waals surface area contributed by atoms with Crippen molar-refractivity contribution in [3.05, 3.63) is 35.9 Å². The fraction of sp³-hybridized carbons (Fsp3) is 0.650. The summed E-state index contributed by atoms with van der Waals surface area (Å²) in [7, 11) is 0. The summed E-state index contributed by atoms with van der Waals surface area (Å²) in [6.45, 7) is 7.09. The van der Waals surface area contributed by atoms with Crippen molar-refractivity contribution in [3.8, 4) is 0 Å². The summed E-state index contributed by atoms with van der Waals surface area (Å²) < 4.78 is 5.87. The molecule has 3 unspecified atom stereocenters. The minimum Gasteiger partial charge on any atom is -0.375 e. The predicted octanol–water partition coefficient (Wildman–Crippen LogP) is 2.71. The maximum atomic E-state index is 12.7. The van der Waals surface area contributed by atoms with Crippen LogP contribution in [0.5, 0.6) is 0 Å². The molecule has 2 fully saturated rings. The molecule has 2 aliphatic heterocycles. The topological polar surface area (TPSA) is 58.8 Å². The number of likely N-dealkylation sites (tertiary alicyclic amines) is 1. The highest BCUT2D eigenvalue weighted by Gasteiger charge is 2.29. The minimum absolute atomic E-state index is 0. The van der Waals surface area contributed by atoms with Gasteiger partial charge in [0.1, 0.15) is 0 Å². The van der Waals surface area contributed by atoms with Crippen LogP contribution in [0.3, 0.4) is 0 Å². The lowest BCUT2D eigenvalue weighted by Gasteiger charge is -2.37. The summed E-state index contributed by atoms with van der Waals surface area (Å²) in [6, 6.07) is 10.6. The largest absolute Gasteiger partial charge is 0.375 e. The van der Waals surface area contributed by atoms with Gasteiger partial charge in [0.2, 0.25) is 5.91 Å². The molecule has 0 aliphatic carbocycles. The Morgan fingerprint density at radius 1 is 1.22 bits per heavy atom. The molecule has 2 aliphatic rings. The zero-order valence-corrected chi connectivity index (χ0v) is 17.7. The number of nitrogens with zero attached hydrogens (tertiary/aromatic N) is 2. The molecule has 0 spiro atoms. The van der Waals surface area contributed by atoms with Gasteiger partial charge in [0.25, 0.3) is 0 Å². The van der Waals surface area contributed by atoms with Gasteiger partial charge in [-0.05, 0) is 31.2 Å². The summed E-state index contributed by atoms with van der Waals surface area (Å²) in [5, 5.41) is 0. The number of ether oxygens (including phenoxy) is 1. The van der Waals surface area contributed by atoms with Crippen molar-refractivity contribution < 1.29 is 9.53 Å². The van der Waals surface area contributed by atoms with E-state index in [4.69, 9.17) is 10.5 Å². The number of carbonyl (C=O) groups is 1. The Labute approximate surface area is 175 Å². The average Bonchev–Trinajstić information content (AvgIpc) is 2.63.